The molecule has 8 heteroatoms. The van der Waals surface area contributed by atoms with Gasteiger partial charge in [0.15, 0.2) is 0 Å². The number of nitrogens with zero attached hydrogens (tertiary/aromatic N) is 2. The lowest BCUT2D eigenvalue weighted by atomic mass is 10.1. The van der Waals surface area contributed by atoms with Gasteiger partial charge in [0, 0.05) is 24.2 Å². The molecule has 0 aromatic heterocycles. The molecule has 2 aromatic carbocycles. The number of nitrogens with one attached hydrogen (secondary N) is 1. The molecule has 1 atom stereocenters. The third kappa shape index (κ3) is 5.61. The summed E-state index contributed by atoms with van der Waals surface area (Å²) in [6.45, 7) is 1.51. The standard InChI is InChI=1S/C17H18N4O4/c1-12(25-20-16(18)10-13-6-3-2-4-7-13)17(22)19-14-8-5-9-15(11-14)21(23)24/h2-9,11-12H,10H2,1H3,(H2,18,20)(H,19,22). The van der Waals surface area contributed by atoms with E-state index in [1.165, 1.54) is 25.1 Å². The molecule has 0 bridgehead atoms. The first kappa shape index (κ1) is 17.9. The van der Waals surface area contributed by atoms with Crippen molar-refractivity contribution in [3.63, 3.8) is 0 Å². The first-order chi connectivity index (χ1) is 12.0. The Labute approximate surface area is 144 Å². The Bertz CT molecular complexity index is 777. The van der Waals surface area contributed by atoms with Gasteiger partial charge < -0.3 is 15.9 Å². The van der Waals surface area contributed by atoms with Crippen molar-refractivity contribution in [1.82, 2.24) is 0 Å². The predicted molar refractivity (Wildman–Crippen MR) is 94.0 cm³/mol. The average Bonchev–Trinajstić information content (AvgIpc) is 2.60. The van der Waals surface area contributed by atoms with E-state index < -0.39 is 16.9 Å². The van der Waals surface area contributed by atoms with E-state index in [2.05, 4.69) is 10.5 Å². The van der Waals surface area contributed by atoms with E-state index in [1.54, 1.807) is 6.07 Å². The second-order valence-electron chi connectivity index (χ2n) is 5.29. The van der Waals surface area contributed by atoms with Crippen molar-refractivity contribution < 1.29 is 14.6 Å². The van der Waals surface area contributed by atoms with Crippen LogP contribution in [0.3, 0.4) is 0 Å². The molecule has 0 aliphatic carbocycles. The van der Waals surface area contributed by atoms with Crippen molar-refractivity contribution in [2.75, 3.05) is 5.32 Å². The van der Waals surface area contributed by atoms with E-state index in [4.69, 9.17) is 10.6 Å². The lowest BCUT2D eigenvalue weighted by Gasteiger charge is -2.11. The Morgan fingerprint density at radius 1 is 1.28 bits per heavy atom. The van der Waals surface area contributed by atoms with Crippen LogP contribution in [0.15, 0.2) is 59.8 Å². The summed E-state index contributed by atoms with van der Waals surface area (Å²) in [7, 11) is 0. The average molecular weight is 342 g/mol. The number of hydrogen-bond donors (Lipinski definition) is 2. The van der Waals surface area contributed by atoms with Gasteiger partial charge in [-0.25, -0.2) is 0 Å². The van der Waals surface area contributed by atoms with Gasteiger partial charge in [-0.15, -0.1) is 0 Å². The molecule has 0 radical (unpaired) electrons. The summed E-state index contributed by atoms with van der Waals surface area (Å²) in [5, 5.41) is 17.0. The Kier molecular flexibility index (Phi) is 6.05. The number of nitro benzene ring substituents is 1. The molecule has 0 saturated carbocycles. The van der Waals surface area contributed by atoms with Crippen LogP contribution in [-0.2, 0) is 16.1 Å². The SMILES string of the molecule is CC(O/N=C(/N)Cc1ccccc1)C(=O)Nc1cccc([N+](=O)[O-])c1. The normalized spacial score (nSPS) is 12.3. The van der Waals surface area contributed by atoms with Crippen molar-refractivity contribution in [1.29, 1.82) is 0 Å². The number of amidine groups is 1. The zero-order valence-electron chi connectivity index (χ0n) is 13.6. The maximum atomic E-state index is 12.0. The van der Waals surface area contributed by atoms with E-state index in [1.807, 2.05) is 30.3 Å². The fourth-order valence-corrected chi connectivity index (χ4v) is 1.97. The summed E-state index contributed by atoms with van der Waals surface area (Å²) in [5.74, 6) is -0.252. The maximum Gasteiger partial charge on any atom is 0.271 e. The number of benzene rings is 2. The number of carbonyl (C=O) groups is 1. The summed E-state index contributed by atoms with van der Waals surface area (Å²) in [4.78, 5) is 27.4. The monoisotopic (exact) mass is 342 g/mol. The molecule has 1 unspecified atom stereocenters. The Balaban J connectivity index is 1.90. The van der Waals surface area contributed by atoms with E-state index in [-0.39, 0.29) is 11.5 Å². The van der Waals surface area contributed by atoms with Crippen LogP contribution in [0.2, 0.25) is 0 Å². The number of nitro groups is 1. The highest BCUT2D eigenvalue weighted by molar-refractivity contribution is 5.94. The molecule has 8 nitrogen and oxygen atoms in total. The molecule has 2 aromatic rings. The molecule has 1 amide bonds. The van der Waals surface area contributed by atoms with E-state index in [9.17, 15) is 14.9 Å². The highest BCUT2D eigenvalue weighted by Crippen LogP contribution is 2.17. The second kappa shape index (κ2) is 8.44. The minimum atomic E-state index is -0.909. The quantitative estimate of drug-likeness (QED) is 0.346. The molecular weight excluding hydrogens is 324 g/mol. The summed E-state index contributed by atoms with van der Waals surface area (Å²) >= 11 is 0. The van der Waals surface area contributed by atoms with Crippen molar-refractivity contribution in [3.8, 4) is 0 Å². The molecule has 0 aliphatic rings. The molecule has 0 spiro atoms. The zero-order chi connectivity index (χ0) is 18.2. The number of nitrogens with two attached hydrogens (primary N) is 1. The number of non-ortho nitro benzene ring substituents is 1. The number of carbonyl (C=O) groups excluding carboxylic acids is 1. The third-order valence-electron chi connectivity index (χ3n) is 3.25. The van der Waals surface area contributed by atoms with Gasteiger partial charge in [-0.1, -0.05) is 41.6 Å². The Morgan fingerprint density at radius 3 is 2.68 bits per heavy atom. The summed E-state index contributed by atoms with van der Waals surface area (Å²) in [6, 6.07) is 15.1. The number of rotatable bonds is 7. The largest absolute Gasteiger partial charge is 0.384 e. The topological polar surface area (TPSA) is 120 Å². The van der Waals surface area contributed by atoms with Crippen molar-refractivity contribution in [2.45, 2.75) is 19.4 Å². The lowest BCUT2D eigenvalue weighted by Crippen LogP contribution is -2.27. The summed E-state index contributed by atoms with van der Waals surface area (Å²) in [5.41, 5.74) is 6.94. The van der Waals surface area contributed by atoms with Crippen LogP contribution in [0.1, 0.15) is 12.5 Å². The Morgan fingerprint density at radius 2 is 2.00 bits per heavy atom. The molecular formula is C17H18N4O4. The van der Waals surface area contributed by atoms with Crippen LogP contribution in [0.4, 0.5) is 11.4 Å². The van der Waals surface area contributed by atoms with Crippen LogP contribution < -0.4 is 11.1 Å². The van der Waals surface area contributed by atoms with Crippen LogP contribution in [0, 0.1) is 10.1 Å². The minimum Gasteiger partial charge on any atom is -0.384 e. The highest BCUT2D eigenvalue weighted by atomic mass is 16.6. The van der Waals surface area contributed by atoms with Crippen LogP contribution in [0.5, 0.6) is 0 Å². The van der Waals surface area contributed by atoms with Gasteiger partial charge in [-0.05, 0) is 18.6 Å². The molecule has 3 N–H and O–H groups in total. The van der Waals surface area contributed by atoms with Gasteiger partial charge in [-0.3, -0.25) is 14.9 Å². The fourth-order valence-electron chi connectivity index (χ4n) is 1.97. The smallest absolute Gasteiger partial charge is 0.271 e. The van der Waals surface area contributed by atoms with E-state index in [0.29, 0.717) is 12.1 Å². The minimum absolute atomic E-state index is 0.114. The molecule has 25 heavy (non-hydrogen) atoms. The van der Waals surface area contributed by atoms with Gasteiger partial charge in [0.05, 0.1) is 4.92 Å². The maximum absolute atomic E-state index is 12.0. The lowest BCUT2D eigenvalue weighted by molar-refractivity contribution is -0.384. The van der Waals surface area contributed by atoms with Crippen molar-refractivity contribution >= 4 is 23.1 Å². The van der Waals surface area contributed by atoms with Gasteiger partial charge in [0.2, 0.25) is 6.10 Å². The molecule has 0 saturated heterocycles. The second-order valence-corrected chi connectivity index (χ2v) is 5.29. The fraction of sp³-hybridized carbons (Fsp3) is 0.176. The summed E-state index contributed by atoms with van der Waals surface area (Å²) in [6.07, 6.45) is -0.506. The van der Waals surface area contributed by atoms with E-state index >= 15 is 0 Å². The first-order valence-corrected chi connectivity index (χ1v) is 7.53. The van der Waals surface area contributed by atoms with Gasteiger partial charge in [0.25, 0.3) is 11.6 Å². The van der Waals surface area contributed by atoms with Crippen LogP contribution in [0.25, 0.3) is 0 Å². The molecule has 2 rings (SSSR count). The molecule has 0 heterocycles. The number of hydrogen-bond acceptors (Lipinski definition) is 5. The highest BCUT2D eigenvalue weighted by Gasteiger charge is 2.16. The predicted octanol–water partition coefficient (Wildman–Crippen LogP) is 2.45. The van der Waals surface area contributed by atoms with Crippen LogP contribution >= 0.6 is 0 Å². The van der Waals surface area contributed by atoms with Crippen LogP contribution in [-0.4, -0.2) is 22.8 Å². The molecule has 0 aliphatic heterocycles. The van der Waals surface area contributed by atoms with Gasteiger partial charge in [0.1, 0.15) is 5.84 Å². The number of anilines is 1. The third-order valence-corrected chi connectivity index (χ3v) is 3.25. The summed E-state index contributed by atoms with van der Waals surface area (Å²) < 4.78 is 0. The van der Waals surface area contributed by atoms with Crippen molar-refractivity contribution in [3.05, 3.63) is 70.3 Å². The van der Waals surface area contributed by atoms with Gasteiger partial charge >= 0.3 is 0 Å². The Hall–Kier alpha value is -3.42. The van der Waals surface area contributed by atoms with Gasteiger partial charge in [-0.2, -0.15) is 0 Å². The van der Waals surface area contributed by atoms with E-state index in [0.717, 1.165) is 5.56 Å². The molecule has 130 valence electrons. The van der Waals surface area contributed by atoms with Crippen molar-refractivity contribution in [2.24, 2.45) is 10.9 Å². The zero-order valence-corrected chi connectivity index (χ0v) is 13.6. The number of amides is 1. The molecule has 0 fully saturated rings. The number of oxime groups is 1. The first-order valence-electron chi connectivity index (χ1n) is 7.53.